The van der Waals surface area contributed by atoms with Crippen molar-refractivity contribution < 1.29 is 22.4 Å². The number of benzene rings is 1. The van der Waals surface area contributed by atoms with Crippen LogP contribution in [0.5, 0.6) is 0 Å². The van der Waals surface area contributed by atoms with Gasteiger partial charge in [0.2, 0.25) is 5.91 Å². The lowest BCUT2D eigenvalue weighted by molar-refractivity contribution is -0.121. The molecule has 0 radical (unpaired) electrons. The van der Waals surface area contributed by atoms with Crippen LogP contribution in [0.1, 0.15) is 44.0 Å². The largest absolute Gasteiger partial charge is 0.417 e. The number of aromatic nitrogens is 1. The number of anilines is 1. The van der Waals surface area contributed by atoms with E-state index in [1.807, 2.05) is 11.9 Å². The van der Waals surface area contributed by atoms with Gasteiger partial charge < -0.3 is 15.5 Å². The van der Waals surface area contributed by atoms with E-state index >= 15 is 0 Å². The molecule has 5 nitrogen and oxygen atoms in total. The highest BCUT2D eigenvalue weighted by molar-refractivity contribution is 6.00. The number of likely N-dealkylation sites (tertiary alicyclic amines) is 1. The summed E-state index contributed by atoms with van der Waals surface area (Å²) in [6, 6.07) is 6.16. The maximum atomic E-state index is 14.7. The fourth-order valence-electron chi connectivity index (χ4n) is 4.48. The topological polar surface area (TPSA) is 57.3 Å². The van der Waals surface area contributed by atoms with Gasteiger partial charge in [0.25, 0.3) is 0 Å². The molecule has 1 aromatic carbocycles. The Bertz CT molecular complexity index is 1170. The number of nitrogens with one attached hydrogen (secondary N) is 2. The number of allylic oxidation sites excluding steroid dienone is 1. The Morgan fingerprint density at radius 3 is 2.72 bits per heavy atom. The highest BCUT2D eigenvalue weighted by atomic mass is 19.4. The van der Waals surface area contributed by atoms with Crippen LogP contribution in [-0.4, -0.2) is 60.9 Å². The maximum Gasteiger partial charge on any atom is 0.417 e. The number of halogens is 4. The molecule has 0 spiro atoms. The fourth-order valence-corrected chi connectivity index (χ4v) is 4.48. The summed E-state index contributed by atoms with van der Waals surface area (Å²) in [6.07, 6.45) is 0.601. The van der Waals surface area contributed by atoms with Crippen molar-refractivity contribution in [1.29, 1.82) is 0 Å². The minimum absolute atomic E-state index is 0.0531. The van der Waals surface area contributed by atoms with E-state index in [0.717, 1.165) is 19.4 Å². The van der Waals surface area contributed by atoms with Gasteiger partial charge in [-0.3, -0.25) is 4.79 Å². The van der Waals surface area contributed by atoms with Gasteiger partial charge in [-0.15, -0.1) is 0 Å². The second-order valence-electron chi connectivity index (χ2n) is 10.3. The summed E-state index contributed by atoms with van der Waals surface area (Å²) >= 11 is 0. The van der Waals surface area contributed by atoms with Crippen LogP contribution in [0.3, 0.4) is 0 Å². The number of carbonyl (C=O) groups is 1. The van der Waals surface area contributed by atoms with Gasteiger partial charge in [-0.1, -0.05) is 31.7 Å². The zero-order valence-corrected chi connectivity index (χ0v) is 20.6. The third kappa shape index (κ3) is 6.24. The average Bonchev–Trinajstić information content (AvgIpc) is 3.53. The van der Waals surface area contributed by atoms with Crippen LogP contribution in [-0.2, 0) is 4.79 Å². The summed E-state index contributed by atoms with van der Waals surface area (Å²) in [7, 11) is 1.86. The minimum Gasteiger partial charge on any atom is -0.379 e. The van der Waals surface area contributed by atoms with Crippen molar-refractivity contribution >= 4 is 34.0 Å². The van der Waals surface area contributed by atoms with Crippen molar-refractivity contribution in [2.75, 3.05) is 32.0 Å². The molecular formula is C27H32F4N4O. The molecule has 2 fully saturated rings. The van der Waals surface area contributed by atoms with Gasteiger partial charge in [-0.2, -0.15) is 13.2 Å². The summed E-state index contributed by atoms with van der Waals surface area (Å²) in [5, 5.41) is 6.82. The van der Waals surface area contributed by atoms with Crippen LogP contribution in [0.25, 0.3) is 22.4 Å². The van der Waals surface area contributed by atoms with E-state index in [1.54, 1.807) is 36.4 Å². The average molecular weight is 505 g/mol. The number of carbonyl (C=O) groups excluding carboxylic acids is 1. The molecule has 36 heavy (non-hydrogen) atoms. The first-order valence-electron chi connectivity index (χ1n) is 12.2. The van der Waals surface area contributed by atoms with Gasteiger partial charge in [-0.05, 0) is 49.9 Å². The van der Waals surface area contributed by atoms with Crippen molar-refractivity contribution in [3.63, 3.8) is 0 Å². The van der Waals surface area contributed by atoms with E-state index in [1.165, 1.54) is 0 Å². The molecule has 2 N–H and O–H groups in total. The van der Waals surface area contributed by atoms with E-state index in [4.69, 9.17) is 0 Å². The van der Waals surface area contributed by atoms with Gasteiger partial charge >= 0.3 is 6.18 Å². The Kier molecular flexibility index (Phi) is 7.41. The van der Waals surface area contributed by atoms with Crippen molar-refractivity contribution in [1.82, 2.24) is 15.2 Å². The van der Waals surface area contributed by atoms with Crippen molar-refractivity contribution in [3.05, 3.63) is 48.3 Å². The predicted molar refractivity (Wildman–Crippen MR) is 135 cm³/mol. The standard InChI is InChI=1S/C27H32F4N4O/c1-17(27(29,30)31)25-19-7-4-8-22(34-23-9-13-35(3)16-21(23)28)20(19)14-18(33-25)6-5-12-32-24(36)15-26(2)10-11-26/h4-8,14,21,23,34H,1,9-13,15-16H2,2-3H3,(H,32,36)/b6-5+/t21-,23+/m0/s1. The fraction of sp³-hybridized carbons (Fsp3) is 0.481. The molecule has 4 rings (SSSR count). The van der Waals surface area contributed by atoms with Crippen LogP contribution >= 0.6 is 0 Å². The number of amides is 1. The monoisotopic (exact) mass is 504 g/mol. The molecule has 1 aromatic heterocycles. The number of nitrogens with zero attached hydrogens (tertiary/aromatic N) is 2. The minimum atomic E-state index is -4.66. The lowest BCUT2D eigenvalue weighted by Gasteiger charge is -2.33. The van der Waals surface area contributed by atoms with Crippen LogP contribution in [0.2, 0.25) is 0 Å². The summed E-state index contributed by atoms with van der Waals surface area (Å²) in [5.41, 5.74) is -0.386. The maximum absolute atomic E-state index is 14.7. The first-order chi connectivity index (χ1) is 16.9. The number of piperidine rings is 1. The van der Waals surface area contributed by atoms with E-state index in [-0.39, 0.29) is 28.9 Å². The van der Waals surface area contributed by atoms with Crippen molar-refractivity contribution in [3.8, 4) is 0 Å². The molecule has 0 unspecified atom stereocenters. The zero-order chi connectivity index (χ0) is 26.1. The third-order valence-electron chi connectivity index (χ3n) is 7.00. The molecule has 1 aliphatic carbocycles. The van der Waals surface area contributed by atoms with E-state index in [0.29, 0.717) is 36.2 Å². The number of rotatable bonds is 8. The highest BCUT2D eigenvalue weighted by Crippen LogP contribution is 2.47. The van der Waals surface area contributed by atoms with Crippen molar-refractivity contribution in [2.45, 2.75) is 51.0 Å². The molecular weight excluding hydrogens is 472 g/mol. The number of hydrogen-bond donors (Lipinski definition) is 2. The first-order valence-corrected chi connectivity index (χ1v) is 12.2. The summed E-state index contributed by atoms with van der Waals surface area (Å²) in [6.45, 7) is 6.58. The molecule has 1 aliphatic heterocycles. The molecule has 194 valence electrons. The van der Waals surface area contributed by atoms with Crippen LogP contribution < -0.4 is 10.6 Å². The predicted octanol–water partition coefficient (Wildman–Crippen LogP) is 5.58. The molecule has 1 saturated carbocycles. The van der Waals surface area contributed by atoms with Gasteiger partial charge in [0.05, 0.1) is 23.0 Å². The molecule has 2 aromatic rings. The Morgan fingerprint density at radius 2 is 2.06 bits per heavy atom. The van der Waals surface area contributed by atoms with Crippen LogP contribution in [0, 0.1) is 5.41 Å². The molecule has 2 atom stereocenters. The zero-order valence-electron chi connectivity index (χ0n) is 20.6. The van der Waals surface area contributed by atoms with Crippen molar-refractivity contribution in [2.24, 2.45) is 5.41 Å². The molecule has 2 aliphatic rings. The third-order valence-corrected chi connectivity index (χ3v) is 7.00. The molecule has 2 heterocycles. The van der Waals surface area contributed by atoms with Gasteiger partial charge in [0.15, 0.2) is 0 Å². The normalized spacial score (nSPS) is 22.1. The molecule has 9 heteroatoms. The number of hydrogen-bond acceptors (Lipinski definition) is 4. The number of pyridine rings is 1. The number of fused-ring (bicyclic) bond motifs is 1. The quantitative estimate of drug-likeness (QED) is 0.461. The van der Waals surface area contributed by atoms with Gasteiger partial charge in [0.1, 0.15) is 6.17 Å². The van der Waals surface area contributed by atoms with E-state index in [2.05, 4.69) is 29.1 Å². The molecule has 1 saturated heterocycles. The molecule has 0 bridgehead atoms. The highest BCUT2D eigenvalue weighted by Gasteiger charge is 2.39. The van der Waals surface area contributed by atoms with E-state index < -0.39 is 24.0 Å². The SMILES string of the molecule is C=C(c1nc(/C=C/CNC(=O)CC2(C)CC2)cc2c(N[C@@H]3CCN(C)C[C@@H]3F)cccc12)C(F)(F)F. The Balaban J connectivity index is 1.61. The second kappa shape index (κ2) is 10.2. The Hall–Kier alpha value is -2.94. The summed E-state index contributed by atoms with van der Waals surface area (Å²) < 4.78 is 55.5. The smallest absolute Gasteiger partial charge is 0.379 e. The lowest BCUT2D eigenvalue weighted by Crippen LogP contribution is -2.46. The summed E-state index contributed by atoms with van der Waals surface area (Å²) in [4.78, 5) is 18.2. The van der Waals surface area contributed by atoms with Gasteiger partial charge in [0, 0.05) is 42.5 Å². The van der Waals surface area contributed by atoms with Gasteiger partial charge in [-0.25, -0.2) is 9.37 Å². The summed E-state index contributed by atoms with van der Waals surface area (Å²) in [5.74, 6) is -0.0531. The number of alkyl halides is 4. The first kappa shape index (κ1) is 26.1. The lowest BCUT2D eigenvalue weighted by atomic mass is 9.99. The second-order valence-corrected chi connectivity index (χ2v) is 10.3. The van der Waals surface area contributed by atoms with E-state index in [9.17, 15) is 22.4 Å². The Morgan fingerprint density at radius 1 is 1.31 bits per heavy atom. The van der Waals surface area contributed by atoms with Crippen LogP contribution in [0.4, 0.5) is 23.2 Å². The molecule has 1 amide bonds. The van der Waals surface area contributed by atoms with Crippen LogP contribution in [0.15, 0.2) is 36.9 Å². The Labute approximate surface area is 208 Å².